The lowest BCUT2D eigenvalue weighted by Crippen LogP contribution is -2.40. The van der Waals surface area contributed by atoms with Gasteiger partial charge in [-0.25, -0.2) is 13.8 Å². The van der Waals surface area contributed by atoms with E-state index in [-0.39, 0.29) is 24.6 Å². The number of carbonyl (C=O) groups is 1. The molecule has 178 valence electrons. The Hall–Kier alpha value is -3.40. The van der Waals surface area contributed by atoms with E-state index in [1.54, 1.807) is 18.2 Å². The topological polar surface area (TPSA) is 94.8 Å². The molecule has 0 saturated carbocycles. The van der Waals surface area contributed by atoms with Crippen LogP contribution in [0.3, 0.4) is 0 Å². The molecule has 1 amide bonds. The molecule has 0 aliphatic heterocycles. The molecule has 2 unspecified atom stereocenters. The molecule has 0 aliphatic carbocycles. The number of benzene rings is 2. The monoisotopic (exact) mass is 463 g/mol. The lowest BCUT2D eigenvalue weighted by molar-refractivity contribution is -0.126. The quantitative estimate of drug-likeness (QED) is 0.480. The van der Waals surface area contributed by atoms with Crippen LogP contribution in [0, 0.1) is 17.6 Å². The molecule has 2 aromatic carbocycles. The minimum absolute atomic E-state index is 0.0882. The zero-order chi connectivity index (χ0) is 24.1. The summed E-state index contributed by atoms with van der Waals surface area (Å²) in [6, 6.07) is 6.40. The number of halogens is 2. The summed E-state index contributed by atoms with van der Waals surface area (Å²) in [6.07, 6.45) is 0.351. The van der Waals surface area contributed by atoms with Gasteiger partial charge < -0.3 is 29.2 Å². The van der Waals surface area contributed by atoms with E-state index in [2.05, 4.69) is 10.3 Å². The van der Waals surface area contributed by atoms with Gasteiger partial charge in [0.25, 0.3) is 0 Å². The molecule has 1 heterocycles. The summed E-state index contributed by atoms with van der Waals surface area (Å²) >= 11 is 0. The van der Waals surface area contributed by atoms with Crippen LogP contribution in [-0.2, 0) is 4.79 Å². The standard InChI is InChI=1S/C23H27F2N3O5/c1-13(2)21(28-12-27-17-8-15(24)16(25)9-18(17)28)23(30)26-10-14(29)11-33-22-19(31-3)6-5-7-20(22)32-4/h5-9,12-14,21,29H,10-11H2,1-4H3,(H,26,30). The van der Waals surface area contributed by atoms with E-state index in [9.17, 15) is 18.7 Å². The first-order chi connectivity index (χ1) is 15.8. The summed E-state index contributed by atoms with van der Waals surface area (Å²) in [5.74, 6) is -1.39. The summed E-state index contributed by atoms with van der Waals surface area (Å²) in [7, 11) is 2.98. The number of amides is 1. The highest BCUT2D eigenvalue weighted by Gasteiger charge is 2.27. The molecule has 2 N–H and O–H groups in total. The van der Waals surface area contributed by atoms with E-state index in [0.29, 0.717) is 22.8 Å². The number of aliphatic hydroxyl groups excluding tert-OH is 1. The van der Waals surface area contributed by atoms with Crippen LogP contribution in [0.25, 0.3) is 11.0 Å². The van der Waals surface area contributed by atoms with Crippen LogP contribution in [0.4, 0.5) is 8.78 Å². The molecule has 3 aromatic rings. The highest BCUT2D eigenvalue weighted by molar-refractivity contribution is 5.84. The first kappa shape index (κ1) is 24.2. The number of aromatic nitrogens is 2. The van der Waals surface area contributed by atoms with Crippen LogP contribution < -0.4 is 19.5 Å². The van der Waals surface area contributed by atoms with Crippen molar-refractivity contribution in [2.75, 3.05) is 27.4 Å². The molecule has 3 rings (SSSR count). The van der Waals surface area contributed by atoms with Gasteiger partial charge in [0.05, 0.1) is 31.6 Å². The fourth-order valence-electron chi connectivity index (χ4n) is 3.52. The van der Waals surface area contributed by atoms with Crippen molar-refractivity contribution in [1.82, 2.24) is 14.9 Å². The minimum Gasteiger partial charge on any atom is -0.493 e. The number of hydrogen-bond donors (Lipinski definition) is 2. The number of rotatable bonds is 10. The molecule has 0 saturated heterocycles. The van der Waals surface area contributed by atoms with Crippen LogP contribution in [-0.4, -0.2) is 54.0 Å². The number of fused-ring (bicyclic) bond motifs is 1. The van der Waals surface area contributed by atoms with Crippen molar-refractivity contribution in [2.24, 2.45) is 5.92 Å². The highest BCUT2D eigenvalue weighted by Crippen LogP contribution is 2.36. The molecule has 0 bridgehead atoms. The van der Waals surface area contributed by atoms with Crippen LogP contribution in [0.5, 0.6) is 17.2 Å². The van der Waals surface area contributed by atoms with Crippen molar-refractivity contribution >= 4 is 16.9 Å². The Balaban J connectivity index is 1.67. The fraction of sp³-hybridized carbons (Fsp3) is 0.391. The first-order valence-corrected chi connectivity index (χ1v) is 10.4. The van der Waals surface area contributed by atoms with Gasteiger partial charge in [-0.3, -0.25) is 4.79 Å². The van der Waals surface area contributed by atoms with Gasteiger partial charge in [-0.2, -0.15) is 0 Å². The van der Waals surface area contributed by atoms with Gasteiger partial charge >= 0.3 is 0 Å². The van der Waals surface area contributed by atoms with E-state index in [1.807, 2.05) is 13.8 Å². The Morgan fingerprint density at radius 1 is 1.15 bits per heavy atom. The van der Waals surface area contributed by atoms with Crippen LogP contribution >= 0.6 is 0 Å². The number of ether oxygens (including phenoxy) is 3. The molecular weight excluding hydrogens is 436 g/mol. The Labute approximate surface area is 190 Å². The molecule has 8 nitrogen and oxygen atoms in total. The van der Waals surface area contributed by atoms with Gasteiger partial charge in [-0.1, -0.05) is 19.9 Å². The molecule has 33 heavy (non-hydrogen) atoms. The average Bonchev–Trinajstić information content (AvgIpc) is 3.17. The van der Waals surface area contributed by atoms with Crippen LogP contribution in [0.2, 0.25) is 0 Å². The average molecular weight is 463 g/mol. The molecule has 10 heteroatoms. The molecule has 0 aliphatic rings. The fourth-order valence-corrected chi connectivity index (χ4v) is 3.52. The second-order valence-electron chi connectivity index (χ2n) is 7.80. The van der Waals surface area contributed by atoms with Gasteiger partial charge in [0.15, 0.2) is 23.1 Å². The summed E-state index contributed by atoms with van der Waals surface area (Å²) in [5.41, 5.74) is 0.543. The Kier molecular flexibility index (Phi) is 7.70. The molecule has 1 aromatic heterocycles. The first-order valence-electron chi connectivity index (χ1n) is 10.4. The number of nitrogens with one attached hydrogen (secondary N) is 1. The van der Waals surface area contributed by atoms with E-state index >= 15 is 0 Å². The Morgan fingerprint density at radius 2 is 1.79 bits per heavy atom. The molecule has 2 atom stereocenters. The van der Waals surface area contributed by atoms with Crippen molar-refractivity contribution in [3.8, 4) is 17.2 Å². The van der Waals surface area contributed by atoms with Crippen LogP contribution in [0.15, 0.2) is 36.7 Å². The summed E-state index contributed by atoms with van der Waals surface area (Å²) in [6.45, 7) is 3.43. The van der Waals surface area contributed by atoms with Crippen molar-refractivity contribution in [1.29, 1.82) is 0 Å². The number of hydrogen-bond acceptors (Lipinski definition) is 6. The van der Waals surface area contributed by atoms with Crippen LogP contribution in [0.1, 0.15) is 19.9 Å². The van der Waals surface area contributed by atoms with Gasteiger partial charge in [0.2, 0.25) is 11.7 Å². The number of imidazole rings is 1. The maximum Gasteiger partial charge on any atom is 0.243 e. The number of aliphatic hydroxyl groups is 1. The second kappa shape index (κ2) is 10.5. The maximum absolute atomic E-state index is 13.8. The third kappa shape index (κ3) is 5.33. The SMILES string of the molecule is COc1cccc(OC)c1OCC(O)CNC(=O)C(C(C)C)n1cnc2cc(F)c(F)cc21. The number of nitrogens with zero attached hydrogens (tertiary/aromatic N) is 2. The maximum atomic E-state index is 13.8. The molecule has 0 radical (unpaired) electrons. The van der Waals surface area contributed by atoms with E-state index in [1.165, 1.54) is 25.1 Å². The zero-order valence-corrected chi connectivity index (χ0v) is 18.8. The highest BCUT2D eigenvalue weighted by atomic mass is 19.2. The third-order valence-corrected chi connectivity index (χ3v) is 5.13. The normalized spacial score (nSPS) is 13.1. The van der Waals surface area contributed by atoms with E-state index in [4.69, 9.17) is 14.2 Å². The lowest BCUT2D eigenvalue weighted by Gasteiger charge is -2.23. The molecule has 0 spiro atoms. The van der Waals surface area contributed by atoms with Gasteiger partial charge in [-0.15, -0.1) is 0 Å². The second-order valence-corrected chi connectivity index (χ2v) is 7.80. The predicted molar refractivity (Wildman–Crippen MR) is 118 cm³/mol. The third-order valence-electron chi connectivity index (χ3n) is 5.13. The summed E-state index contributed by atoms with van der Waals surface area (Å²) in [4.78, 5) is 17.0. The van der Waals surface area contributed by atoms with Crippen molar-refractivity contribution < 1.29 is 32.9 Å². The predicted octanol–water partition coefficient (Wildman–Crippen LogP) is 3.08. The minimum atomic E-state index is -1.03. The molecule has 0 fully saturated rings. The van der Waals surface area contributed by atoms with E-state index in [0.717, 1.165) is 12.1 Å². The van der Waals surface area contributed by atoms with Crippen molar-refractivity contribution in [3.63, 3.8) is 0 Å². The summed E-state index contributed by atoms with van der Waals surface area (Å²) < 4.78 is 45.0. The van der Waals surface area contributed by atoms with Gasteiger partial charge in [-0.05, 0) is 18.1 Å². The largest absolute Gasteiger partial charge is 0.493 e. The molecular formula is C23H27F2N3O5. The van der Waals surface area contributed by atoms with Gasteiger partial charge in [0.1, 0.15) is 18.8 Å². The Morgan fingerprint density at radius 3 is 2.39 bits per heavy atom. The smallest absolute Gasteiger partial charge is 0.243 e. The van der Waals surface area contributed by atoms with Crippen molar-refractivity contribution in [3.05, 3.63) is 48.3 Å². The van der Waals surface area contributed by atoms with E-state index < -0.39 is 29.7 Å². The Bertz CT molecular complexity index is 1100. The number of carbonyl (C=O) groups excluding carboxylic acids is 1. The summed E-state index contributed by atoms with van der Waals surface area (Å²) in [5, 5.41) is 13.0. The number of methoxy groups -OCH3 is 2. The lowest BCUT2D eigenvalue weighted by atomic mass is 10.0. The zero-order valence-electron chi connectivity index (χ0n) is 18.8. The van der Waals surface area contributed by atoms with Crippen molar-refractivity contribution in [2.45, 2.75) is 26.0 Å². The number of para-hydroxylation sites is 1. The van der Waals surface area contributed by atoms with Gasteiger partial charge in [0, 0.05) is 18.7 Å².